The van der Waals surface area contributed by atoms with Crippen molar-refractivity contribution in [3.63, 3.8) is 0 Å². The van der Waals surface area contributed by atoms with Crippen molar-refractivity contribution in [2.45, 2.75) is 39.7 Å². The van der Waals surface area contributed by atoms with E-state index in [2.05, 4.69) is 24.9 Å². The first kappa shape index (κ1) is 11.3. The molecule has 0 aromatic carbocycles. The van der Waals surface area contributed by atoms with Gasteiger partial charge in [0.15, 0.2) is 0 Å². The predicted molar refractivity (Wildman–Crippen MR) is 66.0 cm³/mol. The largest absolute Gasteiger partial charge is 0.389 e. The van der Waals surface area contributed by atoms with E-state index in [1.807, 2.05) is 25.3 Å². The molecule has 1 unspecified atom stereocenters. The molecule has 0 amide bonds. The monoisotopic (exact) mass is 217 g/mol. The molecule has 1 aliphatic rings. The second kappa shape index (κ2) is 4.02. The van der Waals surface area contributed by atoms with Gasteiger partial charge in [-0.1, -0.05) is 26.0 Å². The molecular formula is C14H19NO. The Hall–Kier alpha value is -1.15. The van der Waals surface area contributed by atoms with Gasteiger partial charge in [-0.15, -0.1) is 0 Å². The molecule has 2 nitrogen and oxygen atoms in total. The molecule has 0 fully saturated rings. The molecule has 0 saturated carbocycles. The van der Waals surface area contributed by atoms with Crippen LogP contribution in [0.25, 0.3) is 5.57 Å². The highest BCUT2D eigenvalue weighted by Crippen LogP contribution is 2.39. The zero-order chi connectivity index (χ0) is 11.8. The maximum absolute atomic E-state index is 9.83. The van der Waals surface area contributed by atoms with Crippen LogP contribution in [0.15, 0.2) is 24.4 Å². The molecule has 86 valence electrons. The van der Waals surface area contributed by atoms with Gasteiger partial charge in [-0.2, -0.15) is 0 Å². The Morgan fingerprint density at radius 3 is 2.69 bits per heavy atom. The summed E-state index contributed by atoms with van der Waals surface area (Å²) in [4.78, 5) is 4.30. The lowest BCUT2D eigenvalue weighted by atomic mass is 9.75. The highest BCUT2D eigenvalue weighted by molar-refractivity contribution is 5.66. The molecular weight excluding hydrogens is 198 g/mol. The number of hydrogen-bond donors (Lipinski definition) is 1. The van der Waals surface area contributed by atoms with Crippen molar-refractivity contribution in [2.75, 3.05) is 0 Å². The van der Waals surface area contributed by atoms with E-state index in [-0.39, 0.29) is 11.5 Å². The maximum atomic E-state index is 9.83. The molecule has 1 N–H and O–H groups in total. The Bertz CT molecular complexity index is 403. The lowest BCUT2D eigenvalue weighted by Gasteiger charge is -2.32. The van der Waals surface area contributed by atoms with Crippen LogP contribution < -0.4 is 0 Å². The summed E-state index contributed by atoms with van der Waals surface area (Å²) >= 11 is 0. The summed E-state index contributed by atoms with van der Waals surface area (Å²) in [6.07, 6.45) is 5.40. The Morgan fingerprint density at radius 1 is 1.38 bits per heavy atom. The summed E-state index contributed by atoms with van der Waals surface area (Å²) in [6, 6.07) is 4.10. The minimum Gasteiger partial charge on any atom is -0.389 e. The van der Waals surface area contributed by atoms with Gasteiger partial charge in [0.05, 0.1) is 6.10 Å². The lowest BCUT2D eigenvalue weighted by molar-refractivity contribution is 0.146. The average Bonchev–Trinajstić information content (AvgIpc) is 2.15. The van der Waals surface area contributed by atoms with Crippen LogP contribution in [0.2, 0.25) is 0 Å². The van der Waals surface area contributed by atoms with Crippen LogP contribution in [0.1, 0.15) is 37.9 Å². The average molecular weight is 217 g/mol. The van der Waals surface area contributed by atoms with E-state index in [4.69, 9.17) is 0 Å². The van der Waals surface area contributed by atoms with Crippen molar-refractivity contribution in [2.24, 2.45) is 5.41 Å². The summed E-state index contributed by atoms with van der Waals surface area (Å²) in [5.74, 6) is 0. The number of aromatic nitrogens is 1. The molecule has 2 rings (SSSR count). The van der Waals surface area contributed by atoms with Crippen molar-refractivity contribution in [3.05, 3.63) is 35.7 Å². The molecule has 0 bridgehead atoms. The molecule has 0 aliphatic heterocycles. The van der Waals surface area contributed by atoms with Gasteiger partial charge in [-0.3, -0.25) is 4.98 Å². The summed E-state index contributed by atoms with van der Waals surface area (Å²) in [6.45, 7) is 6.38. The molecule has 1 aromatic heterocycles. The van der Waals surface area contributed by atoms with Gasteiger partial charge in [-0.05, 0) is 42.4 Å². The Kier molecular flexibility index (Phi) is 2.85. The highest BCUT2D eigenvalue weighted by atomic mass is 16.3. The molecule has 0 spiro atoms. The van der Waals surface area contributed by atoms with Crippen LogP contribution in [0.3, 0.4) is 0 Å². The SMILES string of the molecule is Cc1ccc(C2=CC(O)CC(C)(C)C2)cn1. The third-order valence-electron chi connectivity index (χ3n) is 3.11. The number of aryl methyl sites for hydroxylation is 1. The molecule has 1 atom stereocenters. The number of hydrogen-bond acceptors (Lipinski definition) is 2. The van der Waals surface area contributed by atoms with E-state index in [9.17, 15) is 5.11 Å². The molecule has 16 heavy (non-hydrogen) atoms. The minimum atomic E-state index is -0.319. The summed E-state index contributed by atoms with van der Waals surface area (Å²) < 4.78 is 0. The third kappa shape index (κ3) is 2.50. The van der Waals surface area contributed by atoms with Crippen LogP contribution in [-0.2, 0) is 0 Å². The molecule has 1 aromatic rings. The van der Waals surface area contributed by atoms with Gasteiger partial charge in [0.25, 0.3) is 0 Å². The van der Waals surface area contributed by atoms with Crippen LogP contribution in [0.5, 0.6) is 0 Å². The van der Waals surface area contributed by atoms with Gasteiger partial charge in [0.2, 0.25) is 0 Å². The summed E-state index contributed by atoms with van der Waals surface area (Å²) in [5.41, 5.74) is 3.56. The van der Waals surface area contributed by atoms with Crippen molar-refractivity contribution in [3.8, 4) is 0 Å². The van der Waals surface area contributed by atoms with Crippen molar-refractivity contribution < 1.29 is 5.11 Å². The van der Waals surface area contributed by atoms with Crippen LogP contribution in [0.4, 0.5) is 0 Å². The van der Waals surface area contributed by atoms with Crippen LogP contribution in [-0.4, -0.2) is 16.2 Å². The molecule has 1 aliphatic carbocycles. The zero-order valence-electron chi connectivity index (χ0n) is 10.2. The normalized spacial score (nSPS) is 24.0. The second-order valence-electron chi connectivity index (χ2n) is 5.49. The maximum Gasteiger partial charge on any atom is 0.0732 e. The third-order valence-corrected chi connectivity index (χ3v) is 3.11. The lowest BCUT2D eigenvalue weighted by Crippen LogP contribution is -2.24. The first-order chi connectivity index (χ1) is 7.46. The quantitative estimate of drug-likeness (QED) is 0.784. The van der Waals surface area contributed by atoms with Gasteiger partial charge < -0.3 is 5.11 Å². The number of allylic oxidation sites excluding steroid dienone is 1. The van der Waals surface area contributed by atoms with Crippen molar-refractivity contribution >= 4 is 5.57 Å². The van der Waals surface area contributed by atoms with Crippen molar-refractivity contribution in [1.29, 1.82) is 0 Å². The molecule has 2 heteroatoms. The van der Waals surface area contributed by atoms with E-state index < -0.39 is 0 Å². The summed E-state index contributed by atoms with van der Waals surface area (Å²) in [5, 5.41) is 9.83. The smallest absolute Gasteiger partial charge is 0.0732 e. The predicted octanol–water partition coefficient (Wildman–Crippen LogP) is 2.95. The van der Waals surface area contributed by atoms with Crippen LogP contribution in [0, 0.1) is 12.3 Å². The van der Waals surface area contributed by atoms with Gasteiger partial charge in [0, 0.05) is 11.9 Å². The van der Waals surface area contributed by atoms with Crippen LogP contribution >= 0.6 is 0 Å². The van der Waals surface area contributed by atoms with Crippen molar-refractivity contribution in [1.82, 2.24) is 4.98 Å². The van der Waals surface area contributed by atoms with Gasteiger partial charge in [0.1, 0.15) is 0 Å². The number of aliphatic hydroxyl groups excluding tert-OH is 1. The zero-order valence-corrected chi connectivity index (χ0v) is 10.2. The fourth-order valence-corrected chi connectivity index (χ4v) is 2.36. The standard InChI is InChI=1S/C14H19NO/c1-10-4-5-11(9-15-10)12-6-13(16)8-14(2,3)7-12/h4-6,9,13,16H,7-8H2,1-3H3. The Morgan fingerprint density at radius 2 is 2.12 bits per heavy atom. The second-order valence-corrected chi connectivity index (χ2v) is 5.49. The summed E-state index contributed by atoms with van der Waals surface area (Å²) in [7, 11) is 0. The minimum absolute atomic E-state index is 0.175. The Labute approximate surface area is 97.0 Å². The molecule has 1 heterocycles. The number of aliphatic hydroxyl groups is 1. The van der Waals surface area contributed by atoms with E-state index >= 15 is 0 Å². The number of nitrogens with zero attached hydrogens (tertiary/aromatic N) is 1. The topological polar surface area (TPSA) is 33.1 Å². The highest BCUT2D eigenvalue weighted by Gasteiger charge is 2.28. The molecule has 0 radical (unpaired) electrons. The fourth-order valence-electron chi connectivity index (χ4n) is 2.36. The van der Waals surface area contributed by atoms with Gasteiger partial charge >= 0.3 is 0 Å². The number of pyridine rings is 1. The molecule has 0 saturated heterocycles. The number of rotatable bonds is 1. The van der Waals surface area contributed by atoms with E-state index in [1.54, 1.807) is 0 Å². The van der Waals surface area contributed by atoms with E-state index in [0.717, 1.165) is 24.1 Å². The first-order valence-electron chi connectivity index (χ1n) is 5.78. The first-order valence-corrected chi connectivity index (χ1v) is 5.78. The van der Waals surface area contributed by atoms with E-state index in [1.165, 1.54) is 5.57 Å². The van der Waals surface area contributed by atoms with E-state index in [0.29, 0.717) is 0 Å². The fraction of sp³-hybridized carbons (Fsp3) is 0.500. The Balaban J connectivity index is 2.30. The van der Waals surface area contributed by atoms with Gasteiger partial charge in [-0.25, -0.2) is 0 Å².